The molecule has 0 atom stereocenters. The lowest BCUT2D eigenvalue weighted by Crippen LogP contribution is -2.12. The van der Waals surface area contributed by atoms with Crippen LogP contribution in [0.4, 0.5) is 5.69 Å². The molecule has 0 saturated carbocycles. The van der Waals surface area contributed by atoms with Crippen molar-refractivity contribution in [1.29, 1.82) is 0 Å². The largest absolute Gasteiger partial charge is 0.326 e. The smallest absolute Gasteiger partial charge is 0.234 e. The summed E-state index contributed by atoms with van der Waals surface area (Å²) in [5.74, 6) is 0.962. The van der Waals surface area contributed by atoms with Crippen LogP contribution >= 0.6 is 34.5 Å². The van der Waals surface area contributed by atoms with Crippen molar-refractivity contribution in [1.82, 2.24) is 19.8 Å². The van der Waals surface area contributed by atoms with Crippen LogP contribution in [0.5, 0.6) is 0 Å². The molecule has 1 N–H and O–H groups in total. The van der Waals surface area contributed by atoms with E-state index in [2.05, 4.69) is 20.6 Å². The number of anilines is 1. The summed E-state index contributed by atoms with van der Waals surface area (Å²) in [6, 6.07) is 4.99. The van der Waals surface area contributed by atoms with Gasteiger partial charge in [-0.3, -0.25) is 4.79 Å². The zero-order valence-corrected chi connectivity index (χ0v) is 15.4. The van der Waals surface area contributed by atoms with Crippen molar-refractivity contribution in [2.75, 3.05) is 5.32 Å². The van der Waals surface area contributed by atoms with Crippen molar-refractivity contribution in [3.05, 3.63) is 39.1 Å². The zero-order valence-electron chi connectivity index (χ0n) is 13.1. The number of benzene rings is 1. The van der Waals surface area contributed by atoms with Crippen LogP contribution in [0.15, 0.2) is 18.2 Å². The predicted octanol–water partition coefficient (Wildman–Crippen LogP) is 4.19. The summed E-state index contributed by atoms with van der Waals surface area (Å²) in [6.07, 6.45) is 0.861. The predicted molar refractivity (Wildman–Crippen MR) is 96.2 cm³/mol. The van der Waals surface area contributed by atoms with E-state index in [0.29, 0.717) is 28.6 Å². The van der Waals surface area contributed by atoms with E-state index >= 15 is 0 Å². The lowest BCUT2D eigenvalue weighted by Gasteiger charge is -2.05. The van der Waals surface area contributed by atoms with Crippen LogP contribution in [0.1, 0.15) is 37.0 Å². The Kier molecular flexibility index (Phi) is 5.03. The van der Waals surface area contributed by atoms with Gasteiger partial charge in [0.25, 0.3) is 0 Å². The molecule has 0 aliphatic heterocycles. The van der Waals surface area contributed by atoms with Gasteiger partial charge in [-0.2, -0.15) is 9.61 Å². The van der Waals surface area contributed by atoms with Gasteiger partial charge in [0.2, 0.25) is 10.9 Å². The van der Waals surface area contributed by atoms with E-state index < -0.39 is 0 Å². The quantitative estimate of drug-likeness (QED) is 0.716. The number of hydrogen-bond donors (Lipinski definition) is 1. The minimum atomic E-state index is -0.108. The Morgan fingerprint density at radius 3 is 2.79 bits per heavy atom. The van der Waals surface area contributed by atoms with Gasteiger partial charge in [0.15, 0.2) is 5.82 Å². The highest BCUT2D eigenvalue weighted by molar-refractivity contribution is 7.16. The molecule has 0 aliphatic carbocycles. The van der Waals surface area contributed by atoms with E-state index in [1.54, 1.807) is 22.7 Å². The summed E-state index contributed by atoms with van der Waals surface area (Å²) < 4.78 is 1.75. The first kappa shape index (κ1) is 17.1. The fourth-order valence-corrected chi connectivity index (χ4v) is 3.29. The summed E-state index contributed by atoms with van der Waals surface area (Å²) in [6.45, 7) is 4.08. The molecule has 6 nitrogen and oxygen atoms in total. The molecule has 3 aromatic rings. The van der Waals surface area contributed by atoms with Crippen molar-refractivity contribution in [2.24, 2.45) is 0 Å². The number of fused-ring (bicyclic) bond motifs is 1. The molecule has 0 radical (unpaired) electrons. The van der Waals surface area contributed by atoms with Crippen LogP contribution < -0.4 is 5.32 Å². The second kappa shape index (κ2) is 7.04. The first-order valence-corrected chi connectivity index (χ1v) is 8.97. The molecule has 126 valence electrons. The van der Waals surface area contributed by atoms with Crippen molar-refractivity contribution in [3.63, 3.8) is 0 Å². The molecule has 0 fully saturated rings. The highest BCUT2D eigenvalue weighted by Gasteiger charge is 2.15. The first-order valence-electron chi connectivity index (χ1n) is 7.40. The van der Waals surface area contributed by atoms with E-state index in [4.69, 9.17) is 23.2 Å². The third-order valence-corrected chi connectivity index (χ3v) is 5.04. The zero-order chi connectivity index (χ0) is 17.3. The molecule has 0 unspecified atom stereocenters. The second-order valence-electron chi connectivity index (χ2n) is 5.58. The number of carbonyl (C=O) groups is 1. The topological polar surface area (TPSA) is 72.2 Å². The number of amides is 1. The fraction of sp³-hybridized carbons (Fsp3) is 0.333. The summed E-state index contributed by atoms with van der Waals surface area (Å²) in [7, 11) is 0. The van der Waals surface area contributed by atoms with Crippen LogP contribution in [0, 0.1) is 0 Å². The van der Waals surface area contributed by atoms with Gasteiger partial charge >= 0.3 is 0 Å². The SMILES string of the molecule is CC(C)c1nnc2sc(CCC(=O)Nc3ccc(Cl)c(Cl)c3)nn12. The molecular formula is C15H15Cl2N5OS. The fourth-order valence-electron chi connectivity index (χ4n) is 2.15. The van der Waals surface area contributed by atoms with E-state index in [9.17, 15) is 4.79 Å². The van der Waals surface area contributed by atoms with Gasteiger partial charge in [0.05, 0.1) is 10.0 Å². The molecule has 2 aromatic heterocycles. The normalized spacial score (nSPS) is 11.4. The Balaban J connectivity index is 1.62. The van der Waals surface area contributed by atoms with Gasteiger partial charge in [-0.1, -0.05) is 48.4 Å². The molecule has 0 aliphatic rings. The number of nitrogens with one attached hydrogen (secondary N) is 1. The Labute approximate surface area is 152 Å². The van der Waals surface area contributed by atoms with Gasteiger partial charge in [0, 0.05) is 24.4 Å². The van der Waals surface area contributed by atoms with Gasteiger partial charge in [-0.05, 0) is 18.2 Å². The number of nitrogens with zero attached hydrogens (tertiary/aromatic N) is 4. The van der Waals surface area contributed by atoms with Crippen molar-refractivity contribution < 1.29 is 4.79 Å². The molecule has 0 saturated heterocycles. The lowest BCUT2D eigenvalue weighted by atomic mass is 10.2. The molecule has 0 bridgehead atoms. The van der Waals surface area contributed by atoms with E-state index in [1.807, 2.05) is 13.8 Å². The molecule has 9 heteroatoms. The number of aryl methyl sites for hydroxylation is 1. The highest BCUT2D eigenvalue weighted by atomic mass is 35.5. The summed E-state index contributed by atoms with van der Waals surface area (Å²) in [5.41, 5.74) is 0.620. The minimum absolute atomic E-state index is 0.108. The Bertz CT molecular complexity index is 889. The maximum atomic E-state index is 12.1. The van der Waals surface area contributed by atoms with Crippen molar-refractivity contribution in [2.45, 2.75) is 32.6 Å². The standard InChI is InChI=1S/C15H15Cl2N5OS/c1-8(2)14-19-20-15-22(14)21-13(24-15)6-5-12(23)18-9-3-4-10(16)11(17)7-9/h3-4,7-8H,5-6H2,1-2H3,(H,18,23). The summed E-state index contributed by atoms with van der Waals surface area (Å²) in [4.78, 5) is 12.8. The third kappa shape index (κ3) is 3.68. The molecular weight excluding hydrogens is 369 g/mol. The molecule has 1 aromatic carbocycles. The molecule has 1 amide bonds. The van der Waals surface area contributed by atoms with Gasteiger partial charge in [0.1, 0.15) is 5.01 Å². The minimum Gasteiger partial charge on any atom is -0.326 e. The average molecular weight is 384 g/mol. The number of rotatable bonds is 5. The third-order valence-electron chi connectivity index (χ3n) is 3.34. The van der Waals surface area contributed by atoms with E-state index in [-0.39, 0.29) is 11.8 Å². The van der Waals surface area contributed by atoms with Crippen LogP contribution in [0.3, 0.4) is 0 Å². The van der Waals surface area contributed by atoms with Crippen molar-refractivity contribution >= 4 is 51.1 Å². The van der Waals surface area contributed by atoms with Crippen LogP contribution in [0.2, 0.25) is 10.0 Å². The number of carbonyl (C=O) groups excluding carboxylic acids is 1. The van der Waals surface area contributed by atoms with Gasteiger partial charge in [-0.15, -0.1) is 10.2 Å². The molecule has 3 rings (SSSR count). The van der Waals surface area contributed by atoms with Gasteiger partial charge in [-0.25, -0.2) is 0 Å². The molecule has 24 heavy (non-hydrogen) atoms. The monoisotopic (exact) mass is 383 g/mol. The van der Waals surface area contributed by atoms with E-state index in [1.165, 1.54) is 11.3 Å². The summed E-state index contributed by atoms with van der Waals surface area (Å²) >= 11 is 13.2. The van der Waals surface area contributed by atoms with Crippen molar-refractivity contribution in [3.8, 4) is 0 Å². The Hall–Kier alpha value is -1.70. The first-order chi connectivity index (χ1) is 11.4. The molecule has 2 heterocycles. The number of aromatic nitrogens is 4. The maximum Gasteiger partial charge on any atom is 0.234 e. The van der Waals surface area contributed by atoms with Crippen LogP contribution in [0.25, 0.3) is 4.96 Å². The summed E-state index contributed by atoms with van der Waals surface area (Å²) in [5, 5.41) is 17.2. The van der Waals surface area contributed by atoms with Crippen LogP contribution in [-0.4, -0.2) is 25.7 Å². The molecule has 0 spiro atoms. The maximum absolute atomic E-state index is 12.1. The van der Waals surface area contributed by atoms with E-state index in [0.717, 1.165) is 15.8 Å². The Morgan fingerprint density at radius 2 is 2.08 bits per heavy atom. The number of halogens is 2. The van der Waals surface area contributed by atoms with Gasteiger partial charge < -0.3 is 5.32 Å². The second-order valence-corrected chi connectivity index (χ2v) is 7.44. The number of hydrogen-bond acceptors (Lipinski definition) is 5. The highest BCUT2D eigenvalue weighted by Crippen LogP contribution is 2.25. The average Bonchev–Trinajstić information content (AvgIpc) is 3.08. The Morgan fingerprint density at radius 1 is 1.29 bits per heavy atom. The lowest BCUT2D eigenvalue weighted by molar-refractivity contribution is -0.116. The van der Waals surface area contributed by atoms with Crippen LogP contribution in [-0.2, 0) is 11.2 Å².